The zero-order valence-electron chi connectivity index (χ0n) is 16.6. The maximum atomic E-state index is 13.6. The lowest BCUT2D eigenvalue weighted by molar-refractivity contribution is -0.137. The minimum absolute atomic E-state index is 0.0496. The highest BCUT2D eigenvalue weighted by Gasteiger charge is 2.46. The molecule has 6 heteroatoms. The molecule has 0 saturated carbocycles. The molecular formula is C22H29N5O. The average Bonchev–Trinajstić information content (AvgIpc) is 3.04. The van der Waals surface area contributed by atoms with Crippen molar-refractivity contribution >= 4 is 5.91 Å². The molecule has 2 saturated heterocycles. The van der Waals surface area contributed by atoms with E-state index < -0.39 is 0 Å². The third-order valence-electron chi connectivity index (χ3n) is 6.20. The molecule has 4 heterocycles. The fourth-order valence-electron chi connectivity index (χ4n) is 4.71. The molecule has 1 N–H and O–H groups in total. The lowest BCUT2D eigenvalue weighted by Gasteiger charge is -2.33. The summed E-state index contributed by atoms with van der Waals surface area (Å²) in [5, 5.41) is 3.46. The second kappa shape index (κ2) is 8.37. The quantitative estimate of drug-likeness (QED) is 0.862. The predicted octanol–water partition coefficient (Wildman–Crippen LogP) is 2.08. The van der Waals surface area contributed by atoms with Gasteiger partial charge in [0, 0.05) is 44.4 Å². The number of hydrogen-bond acceptors (Lipinski definition) is 5. The van der Waals surface area contributed by atoms with Gasteiger partial charge in [-0.05, 0) is 68.1 Å². The fourth-order valence-corrected chi connectivity index (χ4v) is 4.71. The van der Waals surface area contributed by atoms with Crippen LogP contribution >= 0.6 is 0 Å². The van der Waals surface area contributed by atoms with Crippen LogP contribution in [0.2, 0.25) is 0 Å². The number of aromatic nitrogens is 2. The first-order valence-corrected chi connectivity index (χ1v) is 10.1. The van der Waals surface area contributed by atoms with Crippen LogP contribution in [0, 0.1) is 5.41 Å². The molecule has 2 aromatic heterocycles. The van der Waals surface area contributed by atoms with Crippen molar-refractivity contribution in [2.24, 2.45) is 5.41 Å². The Morgan fingerprint density at radius 2 is 1.75 bits per heavy atom. The van der Waals surface area contributed by atoms with Crippen molar-refractivity contribution in [1.29, 1.82) is 0 Å². The normalized spacial score (nSPS) is 21.7. The van der Waals surface area contributed by atoms with Gasteiger partial charge in [-0.3, -0.25) is 19.7 Å². The summed E-state index contributed by atoms with van der Waals surface area (Å²) < 4.78 is 0. The smallest absolute Gasteiger partial charge is 0.240 e. The first-order valence-electron chi connectivity index (χ1n) is 10.1. The Hall–Kier alpha value is -2.31. The third kappa shape index (κ3) is 4.23. The van der Waals surface area contributed by atoms with Crippen molar-refractivity contribution in [3.8, 4) is 0 Å². The van der Waals surface area contributed by atoms with E-state index in [-0.39, 0.29) is 17.4 Å². The van der Waals surface area contributed by atoms with E-state index in [4.69, 9.17) is 0 Å². The SMILES string of the molecule is CN1CC2(CCNCC2)CC1C(=O)N(Cc1cccnc1)Cc1cccnc1. The second-order valence-electron chi connectivity index (χ2n) is 8.30. The van der Waals surface area contributed by atoms with Gasteiger partial charge in [0.2, 0.25) is 5.91 Å². The van der Waals surface area contributed by atoms with Crippen LogP contribution < -0.4 is 5.32 Å². The summed E-state index contributed by atoms with van der Waals surface area (Å²) in [5.74, 6) is 0.214. The largest absolute Gasteiger partial charge is 0.333 e. The van der Waals surface area contributed by atoms with E-state index >= 15 is 0 Å². The van der Waals surface area contributed by atoms with Gasteiger partial charge in [0.15, 0.2) is 0 Å². The van der Waals surface area contributed by atoms with Gasteiger partial charge in [-0.2, -0.15) is 0 Å². The van der Waals surface area contributed by atoms with Crippen LogP contribution in [0.15, 0.2) is 49.1 Å². The van der Waals surface area contributed by atoms with Crippen molar-refractivity contribution in [2.45, 2.75) is 38.4 Å². The monoisotopic (exact) mass is 379 g/mol. The number of likely N-dealkylation sites (tertiary alicyclic amines) is 1. The number of nitrogens with zero attached hydrogens (tertiary/aromatic N) is 4. The Bertz CT molecular complexity index is 735. The van der Waals surface area contributed by atoms with Gasteiger partial charge in [-0.25, -0.2) is 0 Å². The summed E-state index contributed by atoms with van der Waals surface area (Å²) >= 11 is 0. The molecule has 0 aromatic carbocycles. The number of pyridine rings is 2. The molecular weight excluding hydrogens is 350 g/mol. The first kappa shape index (κ1) is 19.0. The Balaban J connectivity index is 1.53. The van der Waals surface area contributed by atoms with E-state index in [0.717, 1.165) is 50.0 Å². The molecule has 0 aliphatic carbocycles. The van der Waals surface area contributed by atoms with E-state index in [1.807, 2.05) is 41.6 Å². The molecule has 2 aromatic rings. The molecule has 1 atom stereocenters. The molecule has 4 rings (SSSR count). The minimum atomic E-state index is -0.0496. The predicted molar refractivity (Wildman–Crippen MR) is 108 cm³/mol. The minimum Gasteiger partial charge on any atom is -0.333 e. The zero-order chi connectivity index (χ0) is 19.4. The number of amides is 1. The Morgan fingerprint density at radius 3 is 2.29 bits per heavy atom. The van der Waals surface area contributed by atoms with Gasteiger partial charge >= 0.3 is 0 Å². The molecule has 2 fully saturated rings. The van der Waals surface area contributed by atoms with E-state index in [1.165, 1.54) is 0 Å². The maximum absolute atomic E-state index is 13.6. The summed E-state index contributed by atoms with van der Waals surface area (Å²) in [4.78, 5) is 26.3. The summed E-state index contributed by atoms with van der Waals surface area (Å²) in [6.45, 7) is 4.27. The van der Waals surface area contributed by atoms with Crippen molar-refractivity contribution < 1.29 is 4.79 Å². The van der Waals surface area contributed by atoms with Gasteiger partial charge in [0.05, 0.1) is 6.04 Å². The summed E-state index contributed by atoms with van der Waals surface area (Å²) in [6.07, 6.45) is 10.5. The second-order valence-corrected chi connectivity index (χ2v) is 8.30. The van der Waals surface area contributed by atoms with E-state index in [1.54, 1.807) is 12.4 Å². The van der Waals surface area contributed by atoms with Crippen LogP contribution in [-0.2, 0) is 17.9 Å². The lowest BCUT2D eigenvalue weighted by Crippen LogP contribution is -2.43. The first-order chi connectivity index (χ1) is 13.7. The van der Waals surface area contributed by atoms with E-state index in [0.29, 0.717) is 13.1 Å². The Labute approximate surface area is 167 Å². The van der Waals surface area contributed by atoms with Crippen LogP contribution in [0.25, 0.3) is 0 Å². The summed E-state index contributed by atoms with van der Waals surface area (Å²) in [5.41, 5.74) is 2.39. The van der Waals surface area contributed by atoms with Crippen molar-refractivity contribution in [2.75, 3.05) is 26.7 Å². The number of hydrogen-bond donors (Lipinski definition) is 1. The standard InChI is InChI=1S/C22H29N5O/c1-26-17-22(6-10-23-11-7-22)12-20(26)21(28)27(15-18-4-2-8-24-13-18)16-19-5-3-9-25-14-19/h2-5,8-9,13-14,20,23H,6-7,10-12,15-17H2,1H3. The maximum Gasteiger partial charge on any atom is 0.240 e. The molecule has 0 radical (unpaired) electrons. The summed E-state index contributed by atoms with van der Waals surface area (Å²) in [6, 6.07) is 7.86. The fraction of sp³-hybridized carbons (Fsp3) is 0.500. The molecule has 2 aliphatic rings. The van der Waals surface area contributed by atoms with Gasteiger partial charge in [0.25, 0.3) is 0 Å². The Kier molecular flexibility index (Phi) is 5.69. The number of nitrogens with one attached hydrogen (secondary N) is 1. The van der Waals surface area contributed by atoms with Gasteiger partial charge < -0.3 is 10.2 Å². The zero-order valence-corrected chi connectivity index (χ0v) is 16.6. The number of rotatable bonds is 5. The van der Waals surface area contributed by atoms with E-state index in [2.05, 4.69) is 27.2 Å². The third-order valence-corrected chi connectivity index (χ3v) is 6.20. The lowest BCUT2D eigenvalue weighted by atomic mass is 9.77. The van der Waals surface area contributed by atoms with Crippen molar-refractivity contribution in [1.82, 2.24) is 25.1 Å². The number of likely N-dealkylation sites (N-methyl/N-ethyl adjacent to an activating group) is 1. The highest BCUT2D eigenvalue weighted by Crippen LogP contribution is 2.41. The molecule has 28 heavy (non-hydrogen) atoms. The molecule has 0 bridgehead atoms. The molecule has 1 unspecified atom stereocenters. The highest BCUT2D eigenvalue weighted by molar-refractivity contribution is 5.82. The molecule has 6 nitrogen and oxygen atoms in total. The molecule has 1 amide bonds. The van der Waals surface area contributed by atoms with Gasteiger partial charge in [-0.1, -0.05) is 12.1 Å². The van der Waals surface area contributed by atoms with Gasteiger partial charge in [-0.15, -0.1) is 0 Å². The van der Waals surface area contributed by atoms with Crippen LogP contribution in [0.1, 0.15) is 30.4 Å². The molecule has 2 aliphatic heterocycles. The highest BCUT2D eigenvalue weighted by atomic mass is 16.2. The van der Waals surface area contributed by atoms with Gasteiger partial charge in [0.1, 0.15) is 0 Å². The Morgan fingerprint density at radius 1 is 1.14 bits per heavy atom. The molecule has 148 valence electrons. The van der Waals surface area contributed by atoms with Crippen LogP contribution in [0.4, 0.5) is 0 Å². The number of carbonyl (C=O) groups is 1. The summed E-state index contributed by atoms with van der Waals surface area (Å²) in [7, 11) is 2.10. The topological polar surface area (TPSA) is 61.4 Å². The van der Waals surface area contributed by atoms with Crippen LogP contribution in [0.3, 0.4) is 0 Å². The van der Waals surface area contributed by atoms with E-state index in [9.17, 15) is 4.79 Å². The number of carbonyl (C=O) groups excluding carboxylic acids is 1. The van der Waals surface area contributed by atoms with Crippen molar-refractivity contribution in [3.63, 3.8) is 0 Å². The molecule has 1 spiro atoms. The average molecular weight is 380 g/mol. The van der Waals surface area contributed by atoms with Crippen LogP contribution in [0.5, 0.6) is 0 Å². The van der Waals surface area contributed by atoms with Crippen LogP contribution in [-0.4, -0.2) is 58.4 Å². The van der Waals surface area contributed by atoms with Crippen molar-refractivity contribution in [3.05, 3.63) is 60.2 Å². The number of piperidine rings is 1.